The van der Waals surface area contributed by atoms with E-state index in [0.717, 1.165) is 6.42 Å². The number of thiol groups is 1. The first-order valence-corrected chi connectivity index (χ1v) is 4.59. The van der Waals surface area contributed by atoms with Gasteiger partial charge in [-0.3, -0.25) is 0 Å². The fraction of sp³-hybridized carbons (Fsp3) is 0.500. The first kappa shape index (κ1) is 15.6. The van der Waals surface area contributed by atoms with Gasteiger partial charge in [0.1, 0.15) is 0 Å². The van der Waals surface area contributed by atoms with Crippen LogP contribution in [0.1, 0.15) is 20.3 Å². The maximum atomic E-state index is 4.50. The monoisotopic (exact) mass is 259 g/mol. The van der Waals surface area contributed by atoms with Crippen molar-refractivity contribution in [3.05, 3.63) is 21.6 Å². The molecule has 0 nitrogen and oxygen atoms in total. The van der Waals surface area contributed by atoms with Gasteiger partial charge in [0.05, 0.1) is 0 Å². The Labute approximate surface area is 104 Å². The van der Waals surface area contributed by atoms with E-state index in [4.69, 9.17) is 0 Å². The molecule has 4 heteroatoms. The van der Waals surface area contributed by atoms with E-state index in [2.05, 4.69) is 59.1 Å². The largest absolute Gasteiger partial charge is 0.147 e. The van der Waals surface area contributed by atoms with Crippen LogP contribution in [0.3, 0.4) is 0 Å². The average Bonchev–Trinajstić information content (AvgIpc) is 2.11. The molecule has 0 spiro atoms. The van der Waals surface area contributed by atoms with Gasteiger partial charge in [0.2, 0.25) is 0 Å². The quantitative estimate of drug-likeness (QED) is 0.542. The van der Waals surface area contributed by atoms with Gasteiger partial charge in [-0.15, -0.1) is 24.8 Å². The second kappa shape index (κ2) is 5.77. The van der Waals surface area contributed by atoms with E-state index in [-0.39, 0.29) is 29.6 Å². The standard InChI is InChI=1S/C8H11S.2ClH.Ti/c1-8(2,9)7-5-3-4-6-7;;;/h3,5,9H,4H2,1-2H3;2*1H;. The third-order valence-electron chi connectivity index (χ3n) is 1.59. The maximum Gasteiger partial charge on any atom is -0.147 e. The molecule has 1 rings (SSSR count). The Morgan fingerprint density at radius 1 is 1.42 bits per heavy atom. The van der Waals surface area contributed by atoms with Crippen LogP contribution in [-0.4, -0.2) is 4.75 Å². The van der Waals surface area contributed by atoms with Gasteiger partial charge in [-0.1, -0.05) is 0 Å². The average molecular weight is 260 g/mol. The summed E-state index contributed by atoms with van der Waals surface area (Å²) in [5.41, 5.74) is 1.39. The minimum absolute atomic E-state index is 0. The van der Waals surface area contributed by atoms with Crippen LogP contribution >= 0.6 is 37.4 Å². The van der Waals surface area contributed by atoms with E-state index in [9.17, 15) is 0 Å². The number of rotatable bonds is 1. The Morgan fingerprint density at radius 3 is 2.08 bits per heavy atom. The molecule has 0 unspecified atom stereocenters. The second-order valence-electron chi connectivity index (χ2n) is 3.06. The molecule has 0 bridgehead atoms. The summed E-state index contributed by atoms with van der Waals surface area (Å²) < 4.78 is 1.50. The molecule has 0 amide bonds. The van der Waals surface area contributed by atoms with Crippen molar-refractivity contribution in [1.29, 1.82) is 0 Å². The third-order valence-corrected chi connectivity index (χ3v) is 2.57. The summed E-state index contributed by atoms with van der Waals surface area (Å²) in [5, 5.41) is 0. The van der Waals surface area contributed by atoms with Crippen LogP contribution < -0.4 is 0 Å². The Hall–Kier alpha value is 1.12. The molecule has 12 heavy (non-hydrogen) atoms. The van der Waals surface area contributed by atoms with Gasteiger partial charge < -0.3 is 0 Å². The molecule has 1 aliphatic carbocycles. The van der Waals surface area contributed by atoms with Gasteiger partial charge in [-0.25, -0.2) is 0 Å². The molecule has 0 saturated carbocycles. The Kier molecular flexibility index (Phi) is 7.50. The van der Waals surface area contributed by atoms with Gasteiger partial charge in [-0.2, -0.15) is 0 Å². The van der Waals surface area contributed by atoms with Crippen LogP contribution in [0.5, 0.6) is 0 Å². The van der Waals surface area contributed by atoms with Crippen LogP contribution in [-0.2, 0) is 20.4 Å². The molecule has 1 aliphatic rings. The van der Waals surface area contributed by atoms with Crippen LogP contribution in [0, 0.1) is 0 Å². The predicted molar refractivity (Wildman–Crippen MR) is 58.3 cm³/mol. The Bertz CT molecular complexity index is 204. The van der Waals surface area contributed by atoms with E-state index >= 15 is 0 Å². The van der Waals surface area contributed by atoms with Crippen molar-refractivity contribution in [2.45, 2.75) is 25.0 Å². The minimum Gasteiger partial charge on any atom is -0.147 e. The molecule has 0 heterocycles. The molecule has 0 aromatic heterocycles. The van der Waals surface area contributed by atoms with Gasteiger partial charge in [0.15, 0.2) is 0 Å². The zero-order valence-electron chi connectivity index (χ0n) is 7.13. The van der Waals surface area contributed by atoms with Crippen molar-refractivity contribution in [3.8, 4) is 0 Å². The molecule has 69 valence electrons. The van der Waals surface area contributed by atoms with Crippen molar-refractivity contribution in [2.75, 3.05) is 0 Å². The summed E-state index contributed by atoms with van der Waals surface area (Å²) in [6.07, 6.45) is 5.49. The van der Waals surface area contributed by atoms with E-state index < -0.39 is 0 Å². The maximum absolute atomic E-state index is 4.50. The first-order chi connectivity index (χ1) is 4.52. The predicted octanol–water partition coefficient (Wildman–Crippen LogP) is 3.30. The van der Waals surface area contributed by atoms with Gasteiger partial charge in [0.25, 0.3) is 0 Å². The third kappa shape index (κ3) is 3.89. The van der Waals surface area contributed by atoms with Crippen LogP contribution in [0.4, 0.5) is 0 Å². The summed E-state index contributed by atoms with van der Waals surface area (Å²) >= 11 is 6.67. The van der Waals surface area contributed by atoms with Crippen molar-refractivity contribution in [2.24, 2.45) is 0 Å². The zero-order chi connectivity index (χ0) is 7.78. The number of hydrogen-bond donors (Lipinski definition) is 1. The molecular weight excluding hydrogens is 247 g/mol. The molecule has 0 radical (unpaired) electrons. The number of halogens is 2. The molecule has 0 aromatic rings. The van der Waals surface area contributed by atoms with Crippen LogP contribution in [0.15, 0.2) is 21.6 Å². The molecule has 0 N–H and O–H groups in total. The summed E-state index contributed by atoms with van der Waals surface area (Å²) in [7, 11) is 0. The Balaban J connectivity index is 0. The van der Waals surface area contributed by atoms with Crippen LogP contribution in [0.25, 0.3) is 0 Å². The summed E-state index contributed by atoms with van der Waals surface area (Å²) in [5.74, 6) is 0. The minimum atomic E-state index is 0. The topological polar surface area (TPSA) is 0 Å². The van der Waals surface area contributed by atoms with E-state index in [1.807, 2.05) is 0 Å². The summed E-state index contributed by atoms with van der Waals surface area (Å²) in [6.45, 7) is 4.26. The number of hydrogen-bond acceptors (Lipinski definition) is 1. The van der Waals surface area contributed by atoms with Crippen LogP contribution in [0.2, 0.25) is 0 Å². The van der Waals surface area contributed by atoms with Crippen molar-refractivity contribution >= 4 is 37.4 Å². The SMILES string of the molecule is CC(C)(S)C1=[C]([Ti])CC=C1.Cl.Cl. The number of allylic oxidation sites excluding steroid dienone is 3. The van der Waals surface area contributed by atoms with Gasteiger partial charge in [0, 0.05) is 0 Å². The summed E-state index contributed by atoms with van der Waals surface area (Å²) in [6, 6.07) is 0. The van der Waals surface area contributed by atoms with E-state index in [1.165, 1.54) is 9.45 Å². The van der Waals surface area contributed by atoms with E-state index in [1.54, 1.807) is 0 Å². The Morgan fingerprint density at radius 2 is 1.92 bits per heavy atom. The first-order valence-electron chi connectivity index (χ1n) is 3.36. The molecular formula is C8H13Cl2STi. The normalized spacial score (nSPS) is 15.5. The fourth-order valence-corrected chi connectivity index (χ4v) is 2.25. The summed E-state index contributed by atoms with van der Waals surface area (Å²) in [4.78, 5) is 0. The van der Waals surface area contributed by atoms with Crippen molar-refractivity contribution in [3.63, 3.8) is 0 Å². The van der Waals surface area contributed by atoms with E-state index in [0.29, 0.717) is 0 Å². The molecule has 0 aromatic carbocycles. The molecule has 0 atom stereocenters. The smallest absolute Gasteiger partial charge is 0.147 e. The van der Waals surface area contributed by atoms with Crippen molar-refractivity contribution < 1.29 is 20.4 Å². The molecule has 0 saturated heterocycles. The van der Waals surface area contributed by atoms with Crippen molar-refractivity contribution in [1.82, 2.24) is 0 Å². The zero-order valence-corrected chi connectivity index (χ0v) is 11.2. The molecule has 0 aliphatic heterocycles. The van der Waals surface area contributed by atoms with Gasteiger partial charge >= 0.3 is 79.7 Å². The fourth-order valence-electron chi connectivity index (χ4n) is 1.08. The van der Waals surface area contributed by atoms with Gasteiger partial charge in [-0.05, 0) is 0 Å². The second-order valence-corrected chi connectivity index (χ2v) is 5.12. The molecule has 0 fully saturated rings.